The molecule has 0 saturated carbocycles. The van der Waals surface area contributed by atoms with Crippen molar-refractivity contribution in [2.75, 3.05) is 6.54 Å². The summed E-state index contributed by atoms with van der Waals surface area (Å²) in [5, 5.41) is 4.43. The van der Waals surface area contributed by atoms with Crippen molar-refractivity contribution in [1.82, 2.24) is 5.32 Å². The smallest absolute Gasteiger partial charge is 0.0291 e. The highest BCUT2D eigenvalue weighted by Gasteiger charge is 2.30. The maximum absolute atomic E-state index is 3.72. The van der Waals surface area contributed by atoms with E-state index in [4.69, 9.17) is 0 Å². The number of thioether (sulfide) groups is 1. The van der Waals surface area contributed by atoms with E-state index in [9.17, 15) is 0 Å². The van der Waals surface area contributed by atoms with E-state index in [0.717, 1.165) is 6.54 Å². The molecule has 0 spiro atoms. The molecule has 0 aromatic heterocycles. The lowest BCUT2D eigenvalue weighted by molar-refractivity contribution is 0.389. The Labute approximate surface area is 109 Å². The van der Waals surface area contributed by atoms with Crippen LogP contribution in [-0.2, 0) is 6.42 Å². The van der Waals surface area contributed by atoms with Crippen LogP contribution < -0.4 is 5.32 Å². The summed E-state index contributed by atoms with van der Waals surface area (Å²) in [6, 6.07) is 9.48. The van der Waals surface area contributed by atoms with E-state index in [1.807, 2.05) is 0 Å². The summed E-state index contributed by atoms with van der Waals surface area (Å²) in [4.78, 5) is 1.49. The Kier molecular flexibility index (Phi) is 4.52. The molecule has 94 valence electrons. The van der Waals surface area contributed by atoms with Gasteiger partial charge in [-0.25, -0.2) is 0 Å². The predicted molar refractivity (Wildman–Crippen MR) is 76.7 cm³/mol. The lowest BCUT2D eigenvalue weighted by Gasteiger charge is -2.27. The van der Waals surface area contributed by atoms with E-state index >= 15 is 0 Å². The Hall–Kier alpha value is -0.470. The third kappa shape index (κ3) is 3.05. The average molecular weight is 249 g/mol. The molecule has 0 bridgehead atoms. The highest BCUT2D eigenvalue weighted by atomic mass is 32.2. The van der Waals surface area contributed by atoms with Gasteiger partial charge in [-0.15, -0.1) is 11.8 Å². The second kappa shape index (κ2) is 5.92. The standard InChI is InChI=1S/C15H23NS/c1-4-9-16-15(11(2)3)14-10-12-7-5-6-8-13(12)17-14/h5-8,11,14-16H,4,9-10H2,1-3H3. The van der Waals surface area contributed by atoms with Crippen molar-refractivity contribution in [3.05, 3.63) is 29.8 Å². The molecule has 0 radical (unpaired) electrons. The molecule has 1 aromatic rings. The summed E-state index contributed by atoms with van der Waals surface area (Å²) in [7, 11) is 0. The number of hydrogen-bond acceptors (Lipinski definition) is 2. The Morgan fingerprint density at radius 1 is 1.35 bits per heavy atom. The molecule has 1 aromatic carbocycles. The first-order chi connectivity index (χ1) is 8.22. The zero-order valence-corrected chi connectivity index (χ0v) is 11.9. The number of fused-ring (bicyclic) bond motifs is 1. The van der Waals surface area contributed by atoms with Gasteiger partial charge in [-0.05, 0) is 36.9 Å². The second-order valence-corrected chi connectivity index (χ2v) is 6.47. The van der Waals surface area contributed by atoms with Crippen LogP contribution in [0.15, 0.2) is 29.2 Å². The van der Waals surface area contributed by atoms with Crippen molar-refractivity contribution in [3.8, 4) is 0 Å². The highest BCUT2D eigenvalue weighted by Crippen LogP contribution is 2.39. The maximum Gasteiger partial charge on any atom is 0.0291 e. The van der Waals surface area contributed by atoms with Gasteiger partial charge in [-0.1, -0.05) is 39.0 Å². The first kappa shape index (κ1) is 13.0. The minimum Gasteiger partial charge on any atom is -0.313 e. The maximum atomic E-state index is 3.72. The molecular formula is C15H23NS. The molecule has 1 N–H and O–H groups in total. The second-order valence-electron chi connectivity index (χ2n) is 5.19. The summed E-state index contributed by atoms with van der Waals surface area (Å²) in [6.07, 6.45) is 2.44. The van der Waals surface area contributed by atoms with Gasteiger partial charge in [-0.2, -0.15) is 0 Å². The first-order valence-electron chi connectivity index (χ1n) is 6.70. The minimum atomic E-state index is 0.632. The van der Waals surface area contributed by atoms with Gasteiger partial charge < -0.3 is 5.32 Å². The van der Waals surface area contributed by atoms with Gasteiger partial charge in [0.25, 0.3) is 0 Å². The van der Waals surface area contributed by atoms with Gasteiger partial charge >= 0.3 is 0 Å². The summed E-state index contributed by atoms with van der Waals surface area (Å²) < 4.78 is 0. The van der Waals surface area contributed by atoms with Gasteiger partial charge in [0.2, 0.25) is 0 Å². The average Bonchev–Trinajstić information content (AvgIpc) is 2.72. The number of benzene rings is 1. The van der Waals surface area contributed by atoms with Crippen molar-refractivity contribution in [1.29, 1.82) is 0 Å². The molecule has 17 heavy (non-hydrogen) atoms. The SMILES string of the molecule is CCCNC(C(C)C)C1Cc2ccccc2S1. The molecule has 2 rings (SSSR count). The van der Waals surface area contributed by atoms with Crippen LogP contribution in [0, 0.1) is 5.92 Å². The van der Waals surface area contributed by atoms with E-state index in [2.05, 4.69) is 62.1 Å². The molecule has 1 heterocycles. The van der Waals surface area contributed by atoms with Crippen LogP contribution in [-0.4, -0.2) is 17.8 Å². The monoisotopic (exact) mass is 249 g/mol. The van der Waals surface area contributed by atoms with E-state index in [0.29, 0.717) is 17.2 Å². The van der Waals surface area contributed by atoms with Gasteiger partial charge in [0.15, 0.2) is 0 Å². The Morgan fingerprint density at radius 2 is 2.12 bits per heavy atom. The van der Waals surface area contributed by atoms with Crippen molar-refractivity contribution in [2.45, 2.75) is 49.8 Å². The van der Waals surface area contributed by atoms with Crippen LogP contribution in [0.3, 0.4) is 0 Å². The lowest BCUT2D eigenvalue weighted by atomic mass is 9.96. The van der Waals surface area contributed by atoms with E-state index < -0.39 is 0 Å². The summed E-state index contributed by atoms with van der Waals surface area (Å²) in [5.41, 5.74) is 1.53. The molecule has 0 saturated heterocycles. The fourth-order valence-corrected chi connectivity index (χ4v) is 4.12. The Balaban J connectivity index is 2.03. The zero-order chi connectivity index (χ0) is 12.3. The topological polar surface area (TPSA) is 12.0 Å². The van der Waals surface area contributed by atoms with Crippen molar-refractivity contribution in [3.63, 3.8) is 0 Å². The summed E-state index contributed by atoms with van der Waals surface area (Å²) in [6.45, 7) is 8.03. The zero-order valence-electron chi connectivity index (χ0n) is 11.1. The third-order valence-corrected chi connectivity index (χ3v) is 4.84. The highest BCUT2D eigenvalue weighted by molar-refractivity contribution is 8.00. The molecule has 0 fully saturated rings. The fourth-order valence-electron chi connectivity index (χ4n) is 2.52. The minimum absolute atomic E-state index is 0.632. The molecule has 2 unspecified atom stereocenters. The summed E-state index contributed by atoms with van der Waals surface area (Å²) >= 11 is 2.06. The first-order valence-corrected chi connectivity index (χ1v) is 7.58. The van der Waals surface area contributed by atoms with Crippen molar-refractivity contribution < 1.29 is 0 Å². The van der Waals surface area contributed by atoms with Crippen LogP contribution in [0.4, 0.5) is 0 Å². The Morgan fingerprint density at radius 3 is 2.76 bits per heavy atom. The van der Waals surface area contributed by atoms with Crippen molar-refractivity contribution in [2.24, 2.45) is 5.92 Å². The van der Waals surface area contributed by atoms with Crippen LogP contribution in [0.1, 0.15) is 32.8 Å². The molecule has 2 atom stereocenters. The molecule has 0 aliphatic carbocycles. The molecular weight excluding hydrogens is 226 g/mol. The van der Waals surface area contributed by atoms with Crippen LogP contribution >= 0.6 is 11.8 Å². The lowest BCUT2D eigenvalue weighted by Crippen LogP contribution is -2.42. The number of nitrogens with one attached hydrogen (secondary N) is 1. The van der Waals surface area contributed by atoms with Crippen molar-refractivity contribution >= 4 is 11.8 Å². The molecule has 1 aliphatic rings. The third-order valence-electron chi connectivity index (χ3n) is 3.42. The van der Waals surface area contributed by atoms with Crippen LogP contribution in [0.25, 0.3) is 0 Å². The van der Waals surface area contributed by atoms with Gasteiger partial charge in [0.05, 0.1) is 0 Å². The normalized spacial score (nSPS) is 20.6. The molecule has 2 heteroatoms. The molecule has 1 nitrogen and oxygen atoms in total. The Bertz CT molecular complexity index is 337. The molecule has 1 aliphatic heterocycles. The largest absolute Gasteiger partial charge is 0.313 e. The van der Waals surface area contributed by atoms with Gasteiger partial charge in [-0.3, -0.25) is 0 Å². The van der Waals surface area contributed by atoms with Gasteiger partial charge in [0.1, 0.15) is 0 Å². The number of rotatable bonds is 5. The van der Waals surface area contributed by atoms with Gasteiger partial charge in [0, 0.05) is 16.2 Å². The summed E-state index contributed by atoms with van der Waals surface area (Å²) in [5.74, 6) is 0.702. The van der Waals surface area contributed by atoms with Crippen LogP contribution in [0.2, 0.25) is 0 Å². The quantitative estimate of drug-likeness (QED) is 0.853. The van der Waals surface area contributed by atoms with E-state index in [-0.39, 0.29) is 0 Å². The van der Waals surface area contributed by atoms with Crippen LogP contribution in [0.5, 0.6) is 0 Å². The number of hydrogen-bond donors (Lipinski definition) is 1. The van der Waals surface area contributed by atoms with E-state index in [1.165, 1.54) is 23.3 Å². The molecule has 0 amide bonds. The fraction of sp³-hybridized carbons (Fsp3) is 0.600. The predicted octanol–water partition coefficient (Wildman–Crippen LogP) is 3.73. The van der Waals surface area contributed by atoms with E-state index in [1.54, 1.807) is 0 Å².